The molecule has 1 fully saturated rings. The second-order valence-electron chi connectivity index (χ2n) is 5.51. The first-order valence-corrected chi connectivity index (χ1v) is 10.6. The number of ether oxygens (including phenoxy) is 1. The molecule has 1 atom stereocenters. The Bertz CT molecular complexity index is 773. The van der Waals surface area contributed by atoms with E-state index in [1.807, 2.05) is 0 Å². The maximum absolute atomic E-state index is 12.0. The molecule has 1 aromatic rings. The molecule has 12 heteroatoms. The van der Waals surface area contributed by atoms with Crippen molar-refractivity contribution in [3.63, 3.8) is 0 Å². The fourth-order valence-corrected chi connectivity index (χ4v) is 4.72. The standard InChI is InChI=1S/C13H22N4O6S2/c1-14-24(19,20)11-7-17(8-12(11)25(21,22)15-2)9-13(18)16-6-10-4-3-5-23-10/h7-8,10,14-15H,3-6,9H2,1-2H3,(H,16,18)/t10-/m0/s1. The number of nitrogens with zero attached hydrogens (tertiary/aromatic N) is 1. The van der Waals surface area contributed by atoms with Gasteiger partial charge in [0.2, 0.25) is 26.0 Å². The number of amides is 1. The Morgan fingerprint density at radius 1 is 1.16 bits per heavy atom. The lowest BCUT2D eigenvalue weighted by atomic mass is 10.2. The molecule has 0 aliphatic carbocycles. The summed E-state index contributed by atoms with van der Waals surface area (Å²) in [4.78, 5) is 11.2. The predicted octanol–water partition coefficient (Wildman–Crippen LogP) is -1.40. The second-order valence-corrected chi connectivity index (χ2v) is 9.22. The number of hydrogen-bond acceptors (Lipinski definition) is 6. The highest BCUT2D eigenvalue weighted by Crippen LogP contribution is 2.21. The van der Waals surface area contributed by atoms with Crippen molar-refractivity contribution >= 4 is 26.0 Å². The summed E-state index contributed by atoms with van der Waals surface area (Å²) in [5.74, 6) is -0.368. The third-order valence-corrected chi connectivity index (χ3v) is 6.82. The van der Waals surface area contributed by atoms with E-state index in [0.29, 0.717) is 13.2 Å². The number of sulfonamides is 2. The Hall–Kier alpha value is -1.47. The van der Waals surface area contributed by atoms with Crippen LogP contribution in [0.4, 0.5) is 0 Å². The molecule has 0 aromatic carbocycles. The molecule has 0 bridgehead atoms. The smallest absolute Gasteiger partial charge is 0.243 e. The zero-order valence-corrected chi connectivity index (χ0v) is 15.6. The highest BCUT2D eigenvalue weighted by Gasteiger charge is 2.28. The molecule has 3 N–H and O–H groups in total. The number of carbonyl (C=O) groups excluding carboxylic acids is 1. The van der Waals surface area contributed by atoms with Crippen molar-refractivity contribution in [1.29, 1.82) is 0 Å². The Balaban J connectivity index is 2.18. The normalized spacial score (nSPS) is 18.4. The Labute approximate surface area is 147 Å². The molecule has 1 aromatic heterocycles. The molecule has 1 saturated heterocycles. The first-order chi connectivity index (χ1) is 11.7. The van der Waals surface area contributed by atoms with Gasteiger partial charge in [-0.3, -0.25) is 4.79 Å². The van der Waals surface area contributed by atoms with Gasteiger partial charge in [-0.2, -0.15) is 0 Å². The van der Waals surface area contributed by atoms with Crippen LogP contribution in [0.2, 0.25) is 0 Å². The molecule has 10 nitrogen and oxygen atoms in total. The van der Waals surface area contributed by atoms with Crippen LogP contribution in [0.15, 0.2) is 22.2 Å². The minimum atomic E-state index is -4.00. The van der Waals surface area contributed by atoms with E-state index in [1.54, 1.807) is 0 Å². The van der Waals surface area contributed by atoms with Gasteiger partial charge in [-0.15, -0.1) is 0 Å². The van der Waals surface area contributed by atoms with Crippen LogP contribution < -0.4 is 14.8 Å². The molecular weight excluding hydrogens is 372 g/mol. The maximum Gasteiger partial charge on any atom is 0.243 e. The van der Waals surface area contributed by atoms with Crippen molar-refractivity contribution in [1.82, 2.24) is 19.3 Å². The molecule has 142 valence electrons. The van der Waals surface area contributed by atoms with Gasteiger partial charge in [0.1, 0.15) is 16.3 Å². The summed E-state index contributed by atoms with van der Waals surface area (Å²) >= 11 is 0. The average molecular weight is 394 g/mol. The molecule has 2 heterocycles. The third-order valence-electron chi connectivity index (χ3n) is 3.80. The lowest BCUT2D eigenvalue weighted by Gasteiger charge is -2.11. The molecule has 0 unspecified atom stereocenters. The number of aromatic nitrogens is 1. The molecule has 2 rings (SSSR count). The van der Waals surface area contributed by atoms with Gasteiger partial charge in [0.15, 0.2) is 0 Å². The Morgan fingerprint density at radius 3 is 2.16 bits per heavy atom. The molecule has 1 aliphatic heterocycles. The van der Waals surface area contributed by atoms with E-state index >= 15 is 0 Å². The van der Waals surface area contributed by atoms with Gasteiger partial charge >= 0.3 is 0 Å². The van der Waals surface area contributed by atoms with Crippen molar-refractivity contribution in [2.45, 2.75) is 35.3 Å². The quantitative estimate of drug-likeness (QED) is 0.496. The van der Waals surface area contributed by atoms with Gasteiger partial charge < -0.3 is 14.6 Å². The lowest BCUT2D eigenvalue weighted by molar-refractivity contribution is -0.122. The maximum atomic E-state index is 12.0. The summed E-state index contributed by atoms with van der Waals surface area (Å²) in [6.07, 6.45) is 4.03. The topological polar surface area (TPSA) is 136 Å². The van der Waals surface area contributed by atoms with E-state index in [1.165, 1.54) is 18.7 Å². The predicted molar refractivity (Wildman–Crippen MR) is 88.9 cm³/mol. The van der Waals surface area contributed by atoms with Crippen LogP contribution in [0.1, 0.15) is 12.8 Å². The summed E-state index contributed by atoms with van der Waals surface area (Å²) in [5, 5.41) is 2.69. The molecule has 1 aliphatic rings. The van der Waals surface area contributed by atoms with E-state index in [2.05, 4.69) is 14.8 Å². The number of rotatable bonds is 8. The summed E-state index contributed by atoms with van der Waals surface area (Å²) in [6, 6.07) is 0. The van der Waals surface area contributed by atoms with Crippen LogP contribution >= 0.6 is 0 Å². The summed E-state index contributed by atoms with van der Waals surface area (Å²) < 4.78 is 59.0. The fourth-order valence-electron chi connectivity index (χ4n) is 2.44. The van der Waals surface area contributed by atoms with E-state index in [4.69, 9.17) is 4.74 Å². The highest BCUT2D eigenvalue weighted by atomic mass is 32.2. The van der Waals surface area contributed by atoms with E-state index in [0.717, 1.165) is 25.2 Å². The van der Waals surface area contributed by atoms with Gasteiger partial charge in [0.05, 0.1) is 6.10 Å². The first-order valence-electron chi connectivity index (χ1n) is 7.65. The van der Waals surface area contributed by atoms with Crippen LogP contribution in [0, 0.1) is 0 Å². The van der Waals surface area contributed by atoms with Gasteiger partial charge in [-0.05, 0) is 26.9 Å². The highest BCUT2D eigenvalue weighted by molar-refractivity contribution is 7.92. The third kappa shape index (κ3) is 4.79. The van der Waals surface area contributed by atoms with Crippen LogP contribution in [-0.4, -0.2) is 60.7 Å². The van der Waals surface area contributed by atoms with Crippen molar-refractivity contribution in [3.05, 3.63) is 12.4 Å². The van der Waals surface area contributed by atoms with Crippen LogP contribution in [0.5, 0.6) is 0 Å². The minimum Gasteiger partial charge on any atom is -0.376 e. The van der Waals surface area contributed by atoms with Crippen LogP contribution in [0.3, 0.4) is 0 Å². The number of nitrogens with one attached hydrogen (secondary N) is 3. The zero-order valence-electron chi connectivity index (χ0n) is 14.0. The molecule has 0 radical (unpaired) electrons. The Morgan fingerprint density at radius 2 is 1.72 bits per heavy atom. The second kappa shape index (κ2) is 7.83. The van der Waals surface area contributed by atoms with Gasteiger partial charge in [0.25, 0.3) is 0 Å². The van der Waals surface area contributed by atoms with Crippen molar-refractivity contribution in [2.75, 3.05) is 27.2 Å². The van der Waals surface area contributed by atoms with E-state index < -0.39 is 29.8 Å². The monoisotopic (exact) mass is 394 g/mol. The SMILES string of the molecule is CNS(=O)(=O)c1cn(CC(=O)NC[C@@H]2CCCO2)cc1S(=O)(=O)NC. The molecule has 0 saturated carbocycles. The summed E-state index contributed by atoms with van der Waals surface area (Å²) in [6.45, 7) is 0.830. The van der Waals surface area contributed by atoms with Crippen molar-refractivity contribution in [2.24, 2.45) is 0 Å². The first kappa shape index (κ1) is 19.8. The van der Waals surface area contributed by atoms with Crippen LogP contribution in [0.25, 0.3) is 0 Å². The van der Waals surface area contributed by atoms with E-state index in [-0.39, 0.29) is 18.6 Å². The van der Waals surface area contributed by atoms with Gasteiger partial charge in [-0.1, -0.05) is 0 Å². The fraction of sp³-hybridized carbons (Fsp3) is 0.615. The molecule has 25 heavy (non-hydrogen) atoms. The average Bonchev–Trinajstić information content (AvgIpc) is 3.23. The number of carbonyl (C=O) groups is 1. The molecule has 1 amide bonds. The lowest BCUT2D eigenvalue weighted by Crippen LogP contribution is -2.33. The molecular formula is C13H22N4O6S2. The Kier molecular flexibility index (Phi) is 6.21. The van der Waals surface area contributed by atoms with Gasteiger partial charge in [0, 0.05) is 25.5 Å². The summed E-state index contributed by atoms with van der Waals surface area (Å²) in [5.41, 5.74) is 0. The minimum absolute atomic E-state index is 0.0194. The zero-order chi connectivity index (χ0) is 18.7. The number of hydrogen-bond donors (Lipinski definition) is 3. The summed E-state index contributed by atoms with van der Waals surface area (Å²) in [7, 11) is -5.65. The van der Waals surface area contributed by atoms with Crippen LogP contribution in [-0.2, 0) is 36.1 Å². The van der Waals surface area contributed by atoms with Crippen molar-refractivity contribution < 1.29 is 26.4 Å². The largest absolute Gasteiger partial charge is 0.376 e. The van der Waals surface area contributed by atoms with Gasteiger partial charge in [-0.25, -0.2) is 26.3 Å². The van der Waals surface area contributed by atoms with E-state index in [9.17, 15) is 21.6 Å². The van der Waals surface area contributed by atoms with Crippen molar-refractivity contribution in [3.8, 4) is 0 Å². The molecule has 0 spiro atoms.